The molecule has 0 atom stereocenters. The molecule has 1 aromatic rings. The first-order valence-electron chi connectivity index (χ1n) is 6.17. The smallest absolute Gasteiger partial charge is 0.257 e. The summed E-state index contributed by atoms with van der Waals surface area (Å²) in [6.45, 7) is 5.74. The SMILES string of the molecule is CC1(C)CCN(C(=O)c2ccc(F)cc2O)CC1. The number of nitrogens with zero attached hydrogens (tertiary/aromatic N) is 1. The second-order valence-electron chi connectivity index (χ2n) is 5.62. The quantitative estimate of drug-likeness (QED) is 0.833. The minimum atomic E-state index is -0.538. The van der Waals surface area contributed by atoms with E-state index in [4.69, 9.17) is 0 Å². The van der Waals surface area contributed by atoms with Gasteiger partial charge in [0.25, 0.3) is 5.91 Å². The number of benzene rings is 1. The molecule has 18 heavy (non-hydrogen) atoms. The Kier molecular flexibility index (Phi) is 3.28. The van der Waals surface area contributed by atoms with E-state index in [0.717, 1.165) is 18.9 Å². The minimum Gasteiger partial charge on any atom is -0.507 e. The first kappa shape index (κ1) is 12.9. The molecule has 0 radical (unpaired) electrons. The van der Waals surface area contributed by atoms with Crippen LogP contribution in [0, 0.1) is 11.2 Å². The monoisotopic (exact) mass is 251 g/mol. The Hall–Kier alpha value is -1.58. The fourth-order valence-electron chi connectivity index (χ4n) is 2.17. The van der Waals surface area contributed by atoms with E-state index < -0.39 is 5.82 Å². The fraction of sp³-hybridized carbons (Fsp3) is 0.500. The van der Waals surface area contributed by atoms with Gasteiger partial charge in [0, 0.05) is 19.2 Å². The molecular formula is C14H18FNO2. The zero-order valence-corrected chi connectivity index (χ0v) is 10.7. The number of piperidine rings is 1. The van der Waals surface area contributed by atoms with Crippen LogP contribution in [0.3, 0.4) is 0 Å². The normalized spacial score (nSPS) is 18.7. The molecule has 1 heterocycles. The molecule has 4 heteroatoms. The number of carbonyl (C=O) groups excluding carboxylic acids is 1. The van der Waals surface area contributed by atoms with Crippen LogP contribution in [0.5, 0.6) is 5.75 Å². The van der Waals surface area contributed by atoms with Crippen molar-refractivity contribution < 1.29 is 14.3 Å². The van der Waals surface area contributed by atoms with E-state index in [-0.39, 0.29) is 22.6 Å². The van der Waals surface area contributed by atoms with Crippen molar-refractivity contribution in [3.8, 4) is 5.75 Å². The van der Waals surface area contributed by atoms with Crippen LogP contribution in [0.15, 0.2) is 18.2 Å². The summed E-state index contributed by atoms with van der Waals surface area (Å²) in [5.74, 6) is -1.04. The molecule has 0 spiro atoms. The van der Waals surface area contributed by atoms with Gasteiger partial charge in [-0.15, -0.1) is 0 Å². The van der Waals surface area contributed by atoms with Gasteiger partial charge in [0.1, 0.15) is 11.6 Å². The largest absolute Gasteiger partial charge is 0.507 e. The highest BCUT2D eigenvalue weighted by Crippen LogP contribution is 2.31. The number of aromatic hydroxyl groups is 1. The first-order valence-corrected chi connectivity index (χ1v) is 6.17. The first-order chi connectivity index (χ1) is 8.39. The van der Waals surface area contributed by atoms with Crippen LogP contribution in [0.2, 0.25) is 0 Å². The van der Waals surface area contributed by atoms with Crippen molar-refractivity contribution in [1.82, 2.24) is 4.90 Å². The Labute approximate surface area is 106 Å². The summed E-state index contributed by atoms with van der Waals surface area (Å²) in [5, 5.41) is 9.61. The van der Waals surface area contributed by atoms with E-state index in [1.807, 2.05) is 0 Å². The Morgan fingerprint density at radius 2 is 1.94 bits per heavy atom. The molecule has 0 aromatic heterocycles. The number of halogens is 1. The minimum absolute atomic E-state index is 0.177. The maximum atomic E-state index is 12.9. The topological polar surface area (TPSA) is 40.5 Å². The molecule has 98 valence electrons. The van der Waals surface area contributed by atoms with E-state index in [0.29, 0.717) is 13.1 Å². The van der Waals surface area contributed by atoms with E-state index >= 15 is 0 Å². The van der Waals surface area contributed by atoms with Crippen molar-refractivity contribution in [3.05, 3.63) is 29.6 Å². The summed E-state index contributed by atoms with van der Waals surface area (Å²) in [4.78, 5) is 13.9. The third-order valence-electron chi connectivity index (χ3n) is 3.59. The van der Waals surface area contributed by atoms with Crippen LogP contribution in [0.25, 0.3) is 0 Å². The van der Waals surface area contributed by atoms with Gasteiger partial charge in [0.15, 0.2) is 0 Å². The number of hydrogen-bond acceptors (Lipinski definition) is 2. The van der Waals surface area contributed by atoms with Crippen LogP contribution in [0.4, 0.5) is 4.39 Å². The van der Waals surface area contributed by atoms with Gasteiger partial charge >= 0.3 is 0 Å². The van der Waals surface area contributed by atoms with Crippen molar-refractivity contribution in [1.29, 1.82) is 0 Å². The summed E-state index contributed by atoms with van der Waals surface area (Å²) in [7, 11) is 0. The predicted octanol–water partition coefficient (Wildman–Crippen LogP) is 2.79. The van der Waals surface area contributed by atoms with Gasteiger partial charge in [-0.05, 0) is 30.4 Å². The molecule has 0 bridgehead atoms. The van der Waals surface area contributed by atoms with Crippen molar-refractivity contribution in [2.45, 2.75) is 26.7 Å². The molecule has 2 rings (SSSR count). The summed E-state index contributed by atoms with van der Waals surface area (Å²) in [5.41, 5.74) is 0.442. The number of amides is 1. The van der Waals surface area contributed by atoms with Crippen LogP contribution < -0.4 is 0 Å². The van der Waals surface area contributed by atoms with E-state index in [1.165, 1.54) is 12.1 Å². The number of rotatable bonds is 1. The standard InChI is InChI=1S/C14H18FNO2/c1-14(2)5-7-16(8-6-14)13(18)11-4-3-10(15)9-12(11)17/h3-4,9,17H,5-8H2,1-2H3. The van der Waals surface area contributed by atoms with Crippen molar-refractivity contribution in [3.63, 3.8) is 0 Å². The zero-order valence-electron chi connectivity index (χ0n) is 10.7. The lowest BCUT2D eigenvalue weighted by Gasteiger charge is -2.37. The van der Waals surface area contributed by atoms with Crippen molar-refractivity contribution in [2.75, 3.05) is 13.1 Å². The van der Waals surface area contributed by atoms with Crippen LogP contribution in [-0.4, -0.2) is 29.0 Å². The number of carbonyl (C=O) groups is 1. The molecule has 0 saturated carbocycles. The highest BCUT2D eigenvalue weighted by Gasteiger charge is 2.29. The van der Waals surface area contributed by atoms with Crippen LogP contribution in [0.1, 0.15) is 37.0 Å². The molecule has 1 fully saturated rings. The Morgan fingerprint density at radius 1 is 1.33 bits per heavy atom. The molecule has 0 unspecified atom stereocenters. The Balaban J connectivity index is 2.13. The van der Waals surface area contributed by atoms with Gasteiger partial charge in [-0.3, -0.25) is 4.79 Å². The molecule has 1 aliphatic heterocycles. The van der Waals surface area contributed by atoms with Gasteiger partial charge in [0.05, 0.1) is 5.56 Å². The van der Waals surface area contributed by atoms with E-state index in [1.54, 1.807) is 4.90 Å². The highest BCUT2D eigenvalue weighted by molar-refractivity contribution is 5.96. The number of likely N-dealkylation sites (tertiary alicyclic amines) is 1. The number of hydrogen-bond donors (Lipinski definition) is 1. The summed E-state index contributed by atoms with van der Waals surface area (Å²) in [6.07, 6.45) is 1.89. The Bertz CT molecular complexity index is 461. The van der Waals surface area contributed by atoms with Gasteiger partial charge in [0.2, 0.25) is 0 Å². The van der Waals surface area contributed by atoms with Gasteiger partial charge in [-0.2, -0.15) is 0 Å². The van der Waals surface area contributed by atoms with E-state index in [2.05, 4.69) is 13.8 Å². The van der Waals surface area contributed by atoms with Crippen LogP contribution >= 0.6 is 0 Å². The zero-order chi connectivity index (χ0) is 13.3. The maximum absolute atomic E-state index is 12.9. The lowest BCUT2D eigenvalue weighted by molar-refractivity contribution is 0.0627. The molecule has 1 N–H and O–H groups in total. The predicted molar refractivity (Wildman–Crippen MR) is 67.0 cm³/mol. The number of phenolic OH excluding ortho intramolecular Hbond substituents is 1. The Morgan fingerprint density at radius 3 is 2.50 bits per heavy atom. The van der Waals surface area contributed by atoms with Gasteiger partial charge in [-0.25, -0.2) is 4.39 Å². The highest BCUT2D eigenvalue weighted by atomic mass is 19.1. The van der Waals surface area contributed by atoms with E-state index in [9.17, 15) is 14.3 Å². The third kappa shape index (κ3) is 2.63. The summed E-state index contributed by atoms with van der Waals surface area (Å²) < 4.78 is 12.9. The molecule has 3 nitrogen and oxygen atoms in total. The van der Waals surface area contributed by atoms with Crippen molar-refractivity contribution in [2.24, 2.45) is 5.41 Å². The summed E-state index contributed by atoms with van der Waals surface area (Å²) >= 11 is 0. The second-order valence-corrected chi connectivity index (χ2v) is 5.62. The molecule has 1 aliphatic rings. The average molecular weight is 251 g/mol. The lowest BCUT2D eigenvalue weighted by atomic mass is 9.82. The average Bonchev–Trinajstić information content (AvgIpc) is 2.28. The molecule has 1 aromatic carbocycles. The van der Waals surface area contributed by atoms with Crippen molar-refractivity contribution >= 4 is 5.91 Å². The molecule has 0 aliphatic carbocycles. The van der Waals surface area contributed by atoms with Gasteiger partial charge < -0.3 is 10.0 Å². The maximum Gasteiger partial charge on any atom is 0.257 e. The van der Waals surface area contributed by atoms with Gasteiger partial charge in [-0.1, -0.05) is 13.8 Å². The van der Waals surface area contributed by atoms with Crippen LogP contribution in [-0.2, 0) is 0 Å². The number of phenols is 1. The molecular weight excluding hydrogens is 233 g/mol. The molecule has 1 amide bonds. The second kappa shape index (κ2) is 4.59. The lowest BCUT2D eigenvalue weighted by Crippen LogP contribution is -2.41. The fourth-order valence-corrected chi connectivity index (χ4v) is 2.17. The summed E-state index contributed by atoms with van der Waals surface area (Å²) in [6, 6.07) is 3.51. The third-order valence-corrected chi connectivity index (χ3v) is 3.59. The molecule has 1 saturated heterocycles.